The van der Waals surface area contributed by atoms with Gasteiger partial charge in [0.1, 0.15) is 36.5 Å². The molecule has 2 aliphatic rings. The second kappa shape index (κ2) is 15.7. The Labute approximate surface area is 310 Å². The molecule has 4 aromatic rings. The SMILES string of the molecule is CC1=Cc2c(nc3cc([N+](=O)[O-])ccc3[n+]2C)C(C)(C)C1=O.COc1cc2nc3c([n+](C)c2cc1OC)C=C(C)C(=O)C3(C)C.F[B-](F)(F)F.F[B-](F)(F)F. The first-order valence-corrected chi connectivity index (χ1v) is 16.2. The van der Waals surface area contributed by atoms with E-state index in [0.717, 1.165) is 39.2 Å². The fourth-order valence-electron chi connectivity index (χ4n) is 6.14. The number of nitrogens with zero attached hydrogens (tertiary/aromatic N) is 5. The molecule has 0 radical (unpaired) electrons. The van der Waals surface area contributed by atoms with Crippen molar-refractivity contribution < 1.29 is 67.6 Å². The van der Waals surface area contributed by atoms with E-state index in [-0.39, 0.29) is 17.3 Å². The minimum atomic E-state index is -6.00. The number of halogens is 8. The van der Waals surface area contributed by atoms with E-state index in [0.29, 0.717) is 28.3 Å². The lowest BCUT2D eigenvalue weighted by Gasteiger charge is -2.27. The Morgan fingerprint density at radius 1 is 0.673 bits per heavy atom. The van der Waals surface area contributed by atoms with Crippen molar-refractivity contribution in [1.82, 2.24) is 9.97 Å². The first kappa shape index (κ1) is 43.9. The first-order valence-electron chi connectivity index (χ1n) is 16.2. The fraction of sp³-hybridized carbons (Fsp3) is 0.353. The summed E-state index contributed by atoms with van der Waals surface area (Å²) in [6.45, 7) is 11.2. The molecule has 2 aliphatic carbocycles. The summed E-state index contributed by atoms with van der Waals surface area (Å²) >= 11 is 0. The molecule has 0 unspecified atom stereocenters. The zero-order chi connectivity index (χ0) is 42.2. The molecule has 0 N–H and O–H groups in total. The summed E-state index contributed by atoms with van der Waals surface area (Å²) in [6.07, 6.45) is 3.74. The zero-order valence-corrected chi connectivity index (χ0v) is 31.4. The lowest BCUT2D eigenvalue weighted by molar-refractivity contribution is -0.647. The van der Waals surface area contributed by atoms with Crippen molar-refractivity contribution >= 4 is 66.0 Å². The third-order valence-corrected chi connectivity index (χ3v) is 8.79. The van der Waals surface area contributed by atoms with Crippen LogP contribution in [0.1, 0.15) is 64.3 Å². The van der Waals surface area contributed by atoms with Crippen molar-refractivity contribution in [2.24, 2.45) is 14.1 Å². The van der Waals surface area contributed by atoms with Gasteiger partial charge in [-0.2, -0.15) is 9.13 Å². The summed E-state index contributed by atoms with van der Waals surface area (Å²) in [7, 11) is -4.93. The largest absolute Gasteiger partial charge is 0.673 e. The molecule has 0 spiro atoms. The molecule has 0 fully saturated rings. The molecule has 0 amide bonds. The number of rotatable bonds is 3. The monoisotopic (exact) mass is 785 g/mol. The van der Waals surface area contributed by atoms with Crippen LogP contribution in [0.3, 0.4) is 0 Å². The topological polar surface area (TPSA) is 129 Å². The summed E-state index contributed by atoms with van der Waals surface area (Å²) in [5.41, 5.74) is 6.31. The van der Waals surface area contributed by atoms with Gasteiger partial charge in [-0.3, -0.25) is 19.7 Å². The number of fused-ring (bicyclic) bond motifs is 4. The molecule has 0 saturated carbocycles. The Balaban J connectivity index is 0.000000238. The number of ether oxygens (including phenoxy) is 2. The molecule has 21 heteroatoms. The molecule has 2 aromatic heterocycles. The molecule has 2 heterocycles. The first-order chi connectivity index (χ1) is 25.0. The fourth-order valence-corrected chi connectivity index (χ4v) is 6.14. The maximum absolute atomic E-state index is 12.5. The number of Topliss-reactive ketones (excluding diaryl/α,β-unsaturated/α-hetero) is 2. The number of ketones is 2. The molecule has 2 aromatic carbocycles. The van der Waals surface area contributed by atoms with Crippen LogP contribution in [0.5, 0.6) is 11.5 Å². The lowest BCUT2D eigenvalue weighted by Crippen LogP contribution is -2.43. The third-order valence-electron chi connectivity index (χ3n) is 8.79. The maximum atomic E-state index is 12.5. The standard InChI is InChI=1S/C18H21N2O3.C16H16N3O3.2BF4/c1-10-7-13-16(18(2,3)17(10)21)19-11-8-14(22-5)15(23-6)9-12(11)20(13)4;1-9-7-13-14(16(2,3)15(9)20)17-11-8-10(19(21)22)5-6-12(11)18(13)4;2*2-1(3,4)5/h7-9H,1-6H3;5-8H,1-4H3;;/q2*+1;2*-1. The summed E-state index contributed by atoms with van der Waals surface area (Å²) < 4.78 is 92.7. The van der Waals surface area contributed by atoms with Crippen molar-refractivity contribution in [3.8, 4) is 11.5 Å². The van der Waals surface area contributed by atoms with Gasteiger partial charge in [0.2, 0.25) is 22.4 Å². The van der Waals surface area contributed by atoms with Crippen LogP contribution in [0.25, 0.3) is 34.2 Å². The van der Waals surface area contributed by atoms with Gasteiger partial charge < -0.3 is 44.0 Å². The molecule has 0 atom stereocenters. The van der Waals surface area contributed by atoms with E-state index in [2.05, 4.69) is 9.55 Å². The predicted octanol–water partition coefficient (Wildman–Crippen LogP) is 7.17. The predicted molar refractivity (Wildman–Crippen MR) is 189 cm³/mol. The second-order valence-electron chi connectivity index (χ2n) is 13.5. The van der Waals surface area contributed by atoms with Crippen molar-refractivity contribution in [2.75, 3.05) is 14.2 Å². The van der Waals surface area contributed by atoms with Crippen LogP contribution in [-0.4, -0.2) is 55.2 Å². The summed E-state index contributed by atoms with van der Waals surface area (Å²) in [5.74, 6) is 1.41. The molecule has 0 aliphatic heterocycles. The van der Waals surface area contributed by atoms with Crippen LogP contribution < -0.4 is 18.6 Å². The smallest absolute Gasteiger partial charge is 0.493 e. The number of hydrogen-bond acceptors (Lipinski definition) is 8. The summed E-state index contributed by atoms with van der Waals surface area (Å²) in [5, 5.41) is 10.9. The highest BCUT2D eigenvalue weighted by atomic mass is 19.5. The molecular weight excluding hydrogens is 748 g/mol. The molecule has 55 heavy (non-hydrogen) atoms. The number of nitro groups is 1. The minimum Gasteiger partial charge on any atom is -0.493 e. The van der Waals surface area contributed by atoms with E-state index >= 15 is 0 Å². The molecule has 0 saturated heterocycles. The van der Waals surface area contributed by atoms with Crippen molar-refractivity contribution in [3.05, 3.63) is 74.4 Å². The number of aromatic nitrogens is 4. The van der Waals surface area contributed by atoms with Gasteiger partial charge in [-0.05, 0) is 52.7 Å². The highest BCUT2D eigenvalue weighted by Crippen LogP contribution is 2.37. The number of hydrogen-bond donors (Lipinski definition) is 0. The number of aryl methyl sites for hydroxylation is 2. The molecule has 296 valence electrons. The molecular formula is C34H37B2F8N5O6. The normalized spacial score (nSPS) is 15.5. The van der Waals surface area contributed by atoms with E-state index in [4.69, 9.17) is 14.5 Å². The van der Waals surface area contributed by atoms with Gasteiger partial charge in [-0.25, -0.2) is 9.97 Å². The number of carbonyl (C=O) groups excluding carboxylic acids is 2. The summed E-state index contributed by atoms with van der Waals surface area (Å²) in [6, 6.07) is 8.36. The van der Waals surface area contributed by atoms with Crippen molar-refractivity contribution in [3.63, 3.8) is 0 Å². The third kappa shape index (κ3) is 9.79. The van der Waals surface area contributed by atoms with Gasteiger partial charge in [0, 0.05) is 36.4 Å². The number of nitro benzene ring substituents is 1. The van der Waals surface area contributed by atoms with E-state index in [1.807, 2.05) is 77.6 Å². The molecule has 6 rings (SSSR count). The van der Waals surface area contributed by atoms with Crippen LogP contribution >= 0.6 is 0 Å². The van der Waals surface area contributed by atoms with Gasteiger partial charge in [-0.1, -0.05) is 0 Å². The zero-order valence-electron chi connectivity index (χ0n) is 31.4. The lowest BCUT2D eigenvalue weighted by atomic mass is 9.76. The number of allylic oxidation sites excluding steroid dienone is 2. The van der Waals surface area contributed by atoms with Crippen LogP contribution in [-0.2, 0) is 34.5 Å². The quantitative estimate of drug-likeness (QED) is 0.0704. The second-order valence-corrected chi connectivity index (χ2v) is 13.5. The van der Waals surface area contributed by atoms with Gasteiger partial charge >= 0.3 is 14.5 Å². The number of benzene rings is 2. The number of methoxy groups -OCH3 is 2. The highest BCUT2D eigenvalue weighted by Gasteiger charge is 2.43. The van der Waals surface area contributed by atoms with E-state index < -0.39 is 30.3 Å². The number of carbonyl (C=O) groups is 2. The van der Waals surface area contributed by atoms with E-state index in [1.54, 1.807) is 27.2 Å². The van der Waals surface area contributed by atoms with Gasteiger partial charge in [0.25, 0.3) is 5.69 Å². The highest BCUT2D eigenvalue weighted by molar-refractivity contribution is 6.50. The van der Waals surface area contributed by atoms with Crippen LogP contribution in [0.4, 0.5) is 40.2 Å². The average molecular weight is 785 g/mol. The Hall–Kier alpha value is -5.49. The van der Waals surface area contributed by atoms with Crippen LogP contribution in [0, 0.1) is 10.1 Å². The van der Waals surface area contributed by atoms with Crippen molar-refractivity contribution in [2.45, 2.75) is 52.4 Å². The maximum Gasteiger partial charge on any atom is 0.673 e. The van der Waals surface area contributed by atoms with Gasteiger partial charge in [0.05, 0.1) is 36.0 Å². The van der Waals surface area contributed by atoms with Crippen LogP contribution in [0.2, 0.25) is 0 Å². The molecule has 0 bridgehead atoms. The Morgan fingerprint density at radius 2 is 1.04 bits per heavy atom. The van der Waals surface area contributed by atoms with E-state index in [9.17, 15) is 54.2 Å². The Bertz CT molecular complexity index is 2250. The van der Waals surface area contributed by atoms with Crippen molar-refractivity contribution in [1.29, 1.82) is 0 Å². The number of non-ortho nitro benzene ring substituents is 1. The summed E-state index contributed by atoms with van der Waals surface area (Å²) in [4.78, 5) is 44.8. The van der Waals surface area contributed by atoms with E-state index in [1.165, 1.54) is 12.1 Å². The Kier molecular flexibility index (Phi) is 12.5. The molecule has 11 nitrogen and oxygen atoms in total. The minimum absolute atomic E-state index is 0.00776. The van der Waals surface area contributed by atoms with Gasteiger partial charge in [-0.15, -0.1) is 0 Å². The van der Waals surface area contributed by atoms with Crippen LogP contribution in [0.15, 0.2) is 41.5 Å². The Morgan fingerprint density at radius 3 is 1.42 bits per heavy atom. The van der Waals surface area contributed by atoms with Gasteiger partial charge in [0.15, 0.2) is 23.1 Å². The average Bonchev–Trinajstić information content (AvgIpc) is 3.06.